The molecule has 2 aliphatic heterocycles. The minimum atomic E-state index is -4.21. The topological polar surface area (TPSA) is 218 Å². The van der Waals surface area contributed by atoms with E-state index in [9.17, 15) is 19.8 Å². The van der Waals surface area contributed by atoms with Gasteiger partial charge in [0.05, 0.1) is 18.8 Å². The minimum absolute atomic E-state index is 0.0428. The van der Waals surface area contributed by atoms with Gasteiger partial charge in [0.25, 0.3) is 5.56 Å². The maximum Gasteiger partial charge on any atom is 0.325 e. The van der Waals surface area contributed by atoms with Gasteiger partial charge in [-0.1, -0.05) is 5.21 Å². The first-order valence-corrected chi connectivity index (χ1v) is 17.3. The molecule has 0 radical (unpaired) electrons. The number of hydrogen-bond donors (Lipinski definition) is 3. The fraction of sp³-hybridized carbons (Fsp3) is 0.450. The SMILES string of the molecule is Cc1nc2c(nnn2[C@@H]2O[C@@H]3COP(O)(=S)OCCn4c(nc5cc(C#N)cnc54)COP(O)(=S)O[C@@H]2[C@@H]3F)c(=O)[nH]1. The molecule has 1 saturated heterocycles. The molecule has 222 valence electrons. The van der Waals surface area contributed by atoms with Crippen LogP contribution in [0.3, 0.4) is 0 Å². The molecule has 0 aliphatic carbocycles. The van der Waals surface area contributed by atoms with E-state index in [0.717, 1.165) is 4.68 Å². The molecule has 17 nitrogen and oxygen atoms in total. The van der Waals surface area contributed by atoms with E-state index >= 15 is 4.39 Å². The number of imidazole rings is 1. The lowest BCUT2D eigenvalue weighted by molar-refractivity contribution is -0.0532. The first-order chi connectivity index (χ1) is 19.9. The van der Waals surface area contributed by atoms with Crippen molar-refractivity contribution in [1.82, 2.24) is 39.5 Å². The average Bonchev–Trinajstić information content (AvgIpc) is 3.59. The molecule has 4 aromatic rings. The number of hydrogen-bond acceptors (Lipinski definition) is 14. The van der Waals surface area contributed by atoms with Crippen LogP contribution in [0, 0.1) is 18.3 Å². The number of nitrogens with one attached hydrogen (secondary N) is 1. The zero-order valence-electron chi connectivity index (χ0n) is 21.3. The van der Waals surface area contributed by atoms with Gasteiger partial charge in [0.1, 0.15) is 42.0 Å². The third kappa shape index (κ3) is 5.66. The fourth-order valence-corrected chi connectivity index (χ4v) is 6.95. The quantitative estimate of drug-likeness (QED) is 0.240. The number of nitriles is 1. The van der Waals surface area contributed by atoms with Crippen molar-refractivity contribution >= 4 is 59.4 Å². The summed E-state index contributed by atoms with van der Waals surface area (Å²) in [5.41, 5.74) is 0.179. The van der Waals surface area contributed by atoms with Crippen LogP contribution in [0.15, 0.2) is 17.1 Å². The largest absolute Gasteiger partial charge is 0.345 e. The molecule has 2 aliphatic rings. The van der Waals surface area contributed by atoms with Gasteiger partial charge in [0, 0.05) is 12.7 Å². The zero-order valence-corrected chi connectivity index (χ0v) is 24.7. The van der Waals surface area contributed by atoms with Crippen molar-refractivity contribution in [2.45, 2.75) is 44.7 Å². The van der Waals surface area contributed by atoms with Gasteiger partial charge in [-0.15, -0.1) is 5.10 Å². The predicted octanol–water partition coefficient (Wildman–Crippen LogP) is 0.757. The molecular weight excluding hydrogens is 639 g/mol. The van der Waals surface area contributed by atoms with Crippen molar-refractivity contribution in [1.29, 1.82) is 5.26 Å². The van der Waals surface area contributed by atoms with E-state index in [-0.39, 0.29) is 41.5 Å². The van der Waals surface area contributed by atoms with Crippen LogP contribution in [-0.4, -0.2) is 80.9 Å². The van der Waals surface area contributed by atoms with Crippen LogP contribution < -0.4 is 5.56 Å². The Labute approximate surface area is 244 Å². The summed E-state index contributed by atoms with van der Waals surface area (Å²) in [6.45, 7) is -7.66. The molecule has 2 unspecified atom stereocenters. The number of nitrogens with zero attached hydrogens (tertiary/aromatic N) is 8. The molecule has 22 heteroatoms. The Bertz CT molecular complexity index is 1900. The highest BCUT2D eigenvalue weighted by molar-refractivity contribution is 8.07. The standard InChI is InChI=1S/C20H20FN9O8P2S2/c1-9-24-18-15(19(31)25-9)27-28-30(18)20-16-14(21)12(37-20)7-35-39(32,41)34-3-2-29-13(8-36-40(33,42)38-16)26-11-4-10(5-22)6-23-17(11)29/h4,6,12,14,16,20H,2-3,7-8H2,1H3,(H,32,41)(H,33,42)(H,24,25,31)/t12-,14-,16-,20-,39?,40?/m1/s1. The van der Waals surface area contributed by atoms with E-state index < -0.39 is 56.8 Å². The van der Waals surface area contributed by atoms with Gasteiger partial charge in [-0.3, -0.25) is 9.32 Å². The van der Waals surface area contributed by atoms with Crippen molar-refractivity contribution in [3.8, 4) is 6.07 Å². The van der Waals surface area contributed by atoms with Gasteiger partial charge < -0.3 is 37.6 Å². The predicted molar refractivity (Wildman–Crippen MR) is 146 cm³/mol. The number of halogens is 1. The minimum Gasteiger partial charge on any atom is -0.345 e. The fourth-order valence-electron chi connectivity index (χ4n) is 4.50. The van der Waals surface area contributed by atoms with Gasteiger partial charge >= 0.3 is 13.4 Å². The summed E-state index contributed by atoms with van der Waals surface area (Å²) >= 11 is 10.3. The number of fused-ring (bicyclic) bond motifs is 6. The summed E-state index contributed by atoms with van der Waals surface area (Å²) < 4.78 is 46.3. The van der Waals surface area contributed by atoms with Gasteiger partial charge in [-0.2, -0.15) is 9.94 Å². The number of rotatable bonds is 1. The Hall–Kier alpha value is -2.66. The van der Waals surface area contributed by atoms with Crippen LogP contribution in [-0.2, 0) is 59.6 Å². The second-order valence-corrected chi connectivity index (χ2v) is 14.8. The van der Waals surface area contributed by atoms with Gasteiger partial charge in [-0.25, -0.2) is 19.3 Å². The lowest BCUT2D eigenvalue weighted by Gasteiger charge is -2.24. The van der Waals surface area contributed by atoms with Crippen LogP contribution in [0.25, 0.3) is 22.3 Å². The Balaban J connectivity index is 1.38. The molecule has 0 aromatic carbocycles. The van der Waals surface area contributed by atoms with Crippen molar-refractivity contribution in [3.63, 3.8) is 0 Å². The maximum absolute atomic E-state index is 15.9. The van der Waals surface area contributed by atoms with Gasteiger partial charge in [0.15, 0.2) is 29.2 Å². The van der Waals surface area contributed by atoms with E-state index in [4.69, 9.17) is 46.4 Å². The molecule has 3 N–H and O–H groups in total. The van der Waals surface area contributed by atoms with Crippen molar-refractivity contribution in [3.05, 3.63) is 39.8 Å². The monoisotopic (exact) mass is 659 g/mol. The second-order valence-electron chi connectivity index (χ2n) is 9.13. The summed E-state index contributed by atoms with van der Waals surface area (Å²) in [5, 5.41) is 16.9. The molecule has 42 heavy (non-hydrogen) atoms. The summed E-state index contributed by atoms with van der Waals surface area (Å²) in [5.74, 6) is 0.436. The van der Waals surface area contributed by atoms with Crippen molar-refractivity contribution in [2.24, 2.45) is 0 Å². The first-order valence-electron chi connectivity index (χ1n) is 12.1. The number of aromatic amines is 1. The third-order valence-electron chi connectivity index (χ3n) is 6.33. The van der Waals surface area contributed by atoms with Gasteiger partial charge in [-0.05, 0) is 36.6 Å². The lowest BCUT2D eigenvalue weighted by atomic mass is 10.1. The smallest absolute Gasteiger partial charge is 0.325 e. The highest BCUT2D eigenvalue weighted by atomic mass is 32.5. The number of H-pyrrole nitrogens is 1. The second kappa shape index (κ2) is 11.1. The number of aromatic nitrogens is 8. The van der Waals surface area contributed by atoms with E-state index in [1.165, 1.54) is 19.2 Å². The van der Waals surface area contributed by atoms with Gasteiger partial charge in [0.2, 0.25) is 0 Å². The number of ether oxygens (including phenoxy) is 1. The normalized spacial score (nSPS) is 30.9. The molecule has 6 rings (SSSR count). The summed E-state index contributed by atoms with van der Waals surface area (Å²) in [6, 6.07) is 3.48. The van der Waals surface area contributed by atoms with E-state index in [1.807, 2.05) is 6.07 Å². The molecule has 0 spiro atoms. The molecule has 4 aromatic heterocycles. The molecule has 0 saturated carbocycles. The zero-order chi connectivity index (χ0) is 29.8. The Morgan fingerprint density at radius 2 is 2.02 bits per heavy atom. The molecular formula is C20H20FN9O8P2S2. The summed E-state index contributed by atoms with van der Waals surface area (Å²) in [6.07, 6.45) is -5.17. The maximum atomic E-state index is 15.9. The number of aryl methyl sites for hydroxylation is 1. The highest BCUT2D eigenvalue weighted by Crippen LogP contribution is 2.52. The molecule has 6 heterocycles. The lowest BCUT2D eigenvalue weighted by Crippen LogP contribution is -2.32. The van der Waals surface area contributed by atoms with Crippen LogP contribution in [0.4, 0.5) is 4.39 Å². The molecule has 0 amide bonds. The average molecular weight is 660 g/mol. The Morgan fingerprint density at radius 3 is 2.81 bits per heavy atom. The van der Waals surface area contributed by atoms with E-state index in [2.05, 4.69) is 30.2 Å². The number of pyridine rings is 1. The van der Waals surface area contributed by atoms with E-state index in [1.54, 1.807) is 4.57 Å². The molecule has 6 atom stereocenters. The first kappa shape index (κ1) is 29.4. The van der Waals surface area contributed by atoms with Crippen molar-refractivity contribution in [2.75, 3.05) is 13.2 Å². The Kier molecular flexibility index (Phi) is 7.79. The number of alkyl halides is 1. The molecule has 2 bridgehead atoms. The summed E-state index contributed by atoms with van der Waals surface area (Å²) in [7, 11) is 0. The Morgan fingerprint density at radius 1 is 1.21 bits per heavy atom. The van der Waals surface area contributed by atoms with Crippen LogP contribution in [0.1, 0.15) is 23.4 Å². The van der Waals surface area contributed by atoms with E-state index in [0.29, 0.717) is 11.2 Å². The van der Waals surface area contributed by atoms with Crippen molar-refractivity contribution < 1.29 is 37.0 Å². The van der Waals surface area contributed by atoms with Crippen LogP contribution in [0.5, 0.6) is 0 Å². The highest BCUT2D eigenvalue weighted by Gasteiger charge is 2.51. The molecule has 1 fully saturated rings. The van der Waals surface area contributed by atoms with Crippen LogP contribution in [0.2, 0.25) is 0 Å². The summed E-state index contributed by atoms with van der Waals surface area (Å²) in [4.78, 5) is 49.3. The third-order valence-corrected chi connectivity index (χ3v) is 9.49. The van der Waals surface area contributed by atoms with Crippen LogP contribution >= 0.6 is 13.4 Å².